The van der Waals surface area contributed by atoms with Crippen LogP contribution < -0.4 is 4.74 Å². The summed E-state index contributed by atoms with van der Waals surface area (Å²) in [5.74, 6) is 0.173. The summed E-state index contributed by atoms with van der Waals surface area (Å²) < 4.78 is 8.81. The van der Waals surface area contributed by atoms with Crippen LogP contribution in [0, 0.1) is 0 Å². The maximum Gasteiger partial charge on any atom is 0.338 e. The molecule has 0 fully saturated rings. The average molecular weight is 374 g/mol. The Bertz CT molecular complexity index is 443. The molecule has 21 heavy (non-hydrogen) atoms. The van der Waals surface area contributed by atoms with Gasteiger partial charge in [-0.3, -0.25) is 0 Å². The van der Waals surface area contributed by atoms with Crippen LogP contribution in [0.5, 0.6) is 5.75 Å². The predicted octanol–water partition coefficient (Wildman–Crippen LogP) is 5.00. The van der Waals surface area contributed by atoms with Crippen molar-refractivity contribution in [1.82, 2.24) is 0 Å². The molecule has 0 saturated heterocycles. The zero-order chi connectivity index (χ0) is 15.9. The minimum absolute atomic E-state index is 0.189. The molecule has 1 aromatic rings. The minimum Gasteiger partial charge on any atom is -0.494 e. The number of carbonyl (C=O) groups excluding carboxylic acids is 1. The van der Waals surface area contributed by atoms with Gasteiger partial charge < -0.3 is 9.47 Å². The summed E-state index contributed by atoms with van der Waals surface area (Å²) in [5, 5.41) is -0.914. The van der Waals surface area contributed by atoms with Crippen molar-refractivity contribution < 1.29 is 14.3 Å². The fraction of sp³-hybridized carbons (Fsp3) is 0.500. The van der Waals surface area contributed by atoms with Crippen molar-refractivity contribution in [3.63, 3.8) is 0 Å². The van der Waals surface area contributed by atoms with E-state index in [4.69, 9.17) is 55.9 Å². The molecule has 0 N–H and O–H groups in total. The van der Waals surface area contributed by atoms with Gasteiger partial charge in [-0.15, -0.1) is 11.6 Å². The first-order valence-corrected chi connectivity index (χ1v) is 8.02. The van der Waals surface area contributed by atoms with Gasteiger partial charge in [-0.1, -0.05) is 48.1 Å². The molecular formula is C14H16Cl4O3. The van der Waals surface area contributed by atoms with Crippen molar-refractivity contribution in [3.8, 4) is 5.75 Å². The van der Waals surface area contributed by atoms with Crippen molar-refractivity contribution >= 4 is 52.4 Å². The van der Waals surface area contributed by atoms with E-state index in [0.29, 0.717) is 17.9 Å². The Morgan fingerprint density at radius 1 is 1.24 bits per heavy atom. The Hall–Kier alpha value is -0.350. The molecule has 0 aromatic heterocycles. The van der Waals surface area contributed by atoms with E-state index in [0.717, 1.165) is 12.8 Å². The van der Waals surface area contributed by atoms with Crippen LogP contribution in [0.1, 0.15) is 30.1 Å². The second-order valence-electron chi connectivity index (χ2n) is 4.33. The number of hydrogen-bond acceptors (Lipinski definition) is 3. The Morgan fingerprint density at radius 2 is 1.86 bits per heavy atom. The van der Waals surface area contributed by atoms with Crippen LogP contribution in [-0.4, -0.2) is 28.4 Å². The lowest BCUT2D eigenvalue weighted by atomic mass is 10.2. The van der Waals surface area contributed by atoms with E-state index in [-0.39, 0.29) is 6.61 Å². The normalized spacial score (nSPS) is 12.8. The smallest absolute Gasteiger partial charge is 0.338 e. The number of hydrogen-bond donors (Lipinski definition) is 0. The van der Waals surface area contributed by atoms with Gasteiger partial charge in [0.15, 0.2) is 0 Å². The first kappa shape index (κ1) is 18.7. The molecule has 7 heteroatoms. The molecule has 0 bridgehead atoms. The molecule has 0 saturated carbocycles. The number of benzene rings is 1. The summed E-state index contributed by atoms with van der Waals surface area (Å²) in [6.45, 7) is 2.55. The molecule has 0 amide bonds. The predicted molar refractivity (Wildman–Crippen MR) is 87.1 cm³/mol. The van der Waals surface area contributed by atoms with Crippen molar-refractivity contribution in [1.29, 1.82) is 0 Å². The fourth-order valence-corrected chi connectivity index (χ4v) is 1.60. The van der Waals surface area contributed by atoms with Gasteiger partial charge in [-0.05, 0) is 30.7 Å². The summed E-state index contributed by atoms with van der Waals surface area (Å²) in [5.41, 5.74) is 0.381. The van der Waals surface area contributed by atoms with Crippen molar-refractivity contribution in [2.24, 2.45) is 0 Å². The van der Waals surface area contributed by atoms with Gasteiger partial charge >= 0.3 is 5.97 Å². The Kier molecular flexibility index (Phi) is 7.96. The van der Waals surface area contributed by atoms with E-state index >= 15 is 0 Å². The standard InChI is InChI=1S/C14H16Cl4O3/c1-2-3-8-20-11-6-4-10(5-7-11)13(19)21-9-12(15)14(16,17)18/h4-7,12H,2-3,8-9H2,1H3. The molecule has 118 valence electrons. The van der Waals surface area contributed by atoms with Gasteiger partial charge in [0, 0.05) is 0 Å². The number of halogens is 4. The molecule has 3 nitrogen and oxygen atoms in total. The molecule has 0 aliphatic heterocycles. The number of ether oxygens (including phenoxy) is 2. The summed E-state index contributed by atoms with van der Waals surface area (Å²) in [7, 11) is 0. The van der Waals surface area contributed by atoms with Crippen LogP contribution >= 0.6 is 46.4 Å². The number of alkyl halides is 4. The average Bonchev–Trinajstić information content (AvgIpc) is 2.44. The van der Waals surface area contributed by atoms with Gasteiger partial charge in [0.25, 0.3) is 0 Å². The van der Waals surface area contributed by atoms with Gasteiger partial charge in [0.2, 0.25) is 3.79 Å². The lowest BCUT2D eigenvalue weighted by Gasteiger charge is -2.17. The minimum atomic E-state index is -1.68. The summed E-state index contributed by atoms with van der Waals surface area (Å²) in [4.78, 5) is 11.8. The second-order valence-corrected chi connectivity index (χ2v) is 7.23. The summed E-state index contributed by atoms with van der Waals surface area (Å²) in [6, 6.07) is 6.64. The topological polar surface area (TPSA) is 35.5 Å². The highest BCUT2D eigenvalue weighted by atomic mass is 35.6. The molecule has 0 radical (unpaired) electrons. The highest BCUT2D eigenvalue weighted by Crippen LogP contribution is 2.33. The third-order valence-electron chi connectivity index (χ3n) is 2.57. The molecule has 1 unspecified atom stereocenters. The maximum absolute atomic E-state index is 11.8. The number of esters is 1. The zero-order valence-electron chi connectivity index (χ0n) is 11.5. The molecular weight excluding hydrogens is 358 g/mol. The van der Waals surface area contributed by atoms with E-state index in [2.05, 4.69) is 6.92 Å². The van der Waals surface area contributed by atoms with Gasteiger partial charge in [-0.25, -0.2) is 4.79 Å². The summed E-state index contributed by atoms with van der Waals surface area (Å²) >= 11 is 22.5. The molecule has 0 aliphatic rings. The van der Waals surface area contributed by atoms with Crippen LogP contribution in [0.25, 0.3) is 0 Å². The highest BCUT2D eigenvalue weighted by molar-refractivity contribution is 6.70. The van der Waals surface area contributed by atoms with E-state index < -0.39 is 15.1 Å². The monoisotopic (exact) mass is 372 g/mol. The van der Waals surface area contributed by atoms with Crippen LogP contribution in [0.3, 0.4) is 0 Å². The summed E-state index contributed by atoms with van der Waals surface area (Å²) in [6.07, 6.45) is 2.05. The van der Waals surface area contributed by atoms with E-state index in [1.165, 1.54) is 0 Å². The molecule has 0 aliphatic carbocycles. The lowest BCUT2D eigenvalue weighted by molar-refractivity contribution is 0.0505. The molecule has 1 rings (SSSR count). The van der Waals surface area contributed by atoms with E-state index in [1.54, 1.807) is 24.3 Å². The number of carbonyl (C=O) groups is 1. The first-order chi connectivity index (χ1) is 9.84. The molecule has 0 spiro atoms. The van der Waals surface area contributed by atoms with Gasteiger partial charge in [0.1, 0.15) is 17.7 Å². The quantitative estimate of drug-likeness (QED) is 0.383. The van der Waals surface area contributed by atoms with Crippen molar-refractivity contribution in [3.05, 3.63) is 29.8 Å². The first-order valence-electron chi connectivity index (χ1n) is 6.45. The van der Waals surface area contributed by atoms with E-state index in [1.807, 2.05) is 0 Å². The number of rotatable bonds is 7. The van der Waals surface area contributed by atoms with E-state index in [9.17, 15) is 4.79 Å². The third-order valence-corrected chi connectivity index (χ3v) is 4.15. The lowest BCUT2D eigenvalue weighted by Crippen LogP contribution is -2.26. The van der Waals surface area contributed by atoms with Crippen LogP contribution in [0.2, 0.25) is 0 Å². The maximum atomic E-state index is 11.8. The zero-order valence-corrected chi connectivity index (χ0v) is 14.5. The van der Waals surface area contributed by atoms with Crippen molar-refractivity contribution in [2.75, 3.05) is 13.2 Å². The SMILES string of the molecule is CCCCOc1ccc(C(=O)OCC(Cl)C(Cl)(Cl)Cl)cc1. The largest absolute Gasteiger partial charge is 0.494 e. The molecule has 0 heterocycles. The number of unbranched alkanes of at least 4 members (excludes halogenated alkanes) is 1. The highest BCUT2D eigenvalue weighted by Gasteiger charge is 2.32. The van der Waals surface area contributed by atoms with Crippen molar-refractivity contribution in [2.45, 2.75) is 28.9 Å². The Balaban J connectivity index is 2.48. The van der Waals surface area contributed by atoms with Crippen LogP contribution in [0.15, 0.2) is 24.3 Å². The van der Waals surface area contributed by atoms with Gasteiger partial charge in [-0.2, -0.15) is 0 Å². The Labute approximate surface area is 144 Å². The Morgan fingerprint density at radius 3 is 2.38 bits per heavy atom. The second kappa shape index (κ2) is 8.94. The van der Waals surface area contributed by atoms with Crippen LogP contribution in [0.4, 0.5) is 0 Å². The molecule has 1 atom stereocenters. The molecule has 1 aromatic carbocycles. The van der Waals surface area contributed by atoms with Gasteiger partial charge in [0.05, 0.1) is 12.2 Å². The fourth-order valence-electron chi connectivity index (χ4n) is 1.35. The third kappa shape index (κ3) is 6.96. The van der Waals surface area contributed by atoms with Crippen LogP contribution in [-0.2, 0) is 4.74 Å².